The Morgan fingerprint density at radius 1 is 1.00 bits per heavy atom. The van der Waals surface area contributed by atoms with E-state index >= 15 is 0 Å². The number of aryl methyl sites for hydroxylation is 1. The number of carbonyl (C=O) groups is 3. The smallest absolute Gasteiger partial charge is 0.325 e. The molecule has 4 rings (SSSR count). The molecule has 2 aromatic rings. The topological polar surface area (TPSA) is 69.7 Å². The number of benzene rings is 2. The fourth-order valence-electron chi connectivity index (χ4n) is 4.06. The molecule has 6 nitrogen and oxygen atoms in total. The summed E-state index contributed by atoms with van der Waals surface area (Å²) in [6.07, 6.45) is 0.960. The number of hydrogen-bond donors (Lipinski definition) is 1. The van der Waals surface area contributed by atoms with Crippen molar-refractivity contribution in [3.63, 3.8) is 0 Å². The molecular weight excluding hydrogens is 385 g/mol. The molecule has 2 saturated heterocycles. The number of hydrogen-bond acceptors (Lipinski definition) is 3. The van der Waals surface area contributed by atoms with E-state index < -0.39 is 5.54 Å². The number of imide groups is 1. The molecule has 156 valence electrons. The molecule has 2 fully saturated rings. The molecule has 0 unspecified atom stereocenters. The van der Waals surface area contributed by atoms with Gasteiger partial charge in [0.15, 0.2) is 0 Å². The number of amides is 4. The largest absolute Gasteiger partial charge is 0.342 e. The number of likely N-dealkylation sites (tertiary alicyclic amines) is 1. The van der Waals surface area contributed by atoms with Crippen LogP contribution in [0.2, 0.25) is 0 Å². The van der Waals surface area contributed by atoms with E-state index in [1.165, 1.54) is 17.0 Å². The Morgan fingerprint density at radius 3 is 2.23 bits per heavy atom. The molecule has 2 aliphatic rings. The van der Waals surface area contributed by atoms with Gasteiger partial charge in [-0.05, 0) is 43.0 Å². The van der Waals surface area contributed by atoms with Gasteiger partial charge in [-0.2, -0.15) is 0 Å². The van der Waals surface area contributed by atoms with Gasteiger partial charge in [0, 0.05) is 13.1 Å². The molecule has 0 atom stereocenters. The Hall–Kier alpha value is -3.22. The lowest BCUT2D eigenvalue weighted by Crippen LogP contribution is -2.56. The van der Waals surface area contributed by atoms with Crippen molar-refractivity contribution in [3.8, 4) is 0 Å². The minimum absolute atomic E-state index is 0.0651. The van der Waals surface area contributed by atoms with Crippen molar-refractivity contribution >= 4 is 17.8 Å². The summed E-state index contributed by atoms with van der Waals surface area (Å²) in [5.74, 6) is -0.625. The molecule has 0 bridgehead atoms. The van der Waals surface area contributed by atoms with Gasteiger partial charge in [-0.15, -0.1) is 0 Å². The molecule has 0 radical (unpaired) electrons. The standard InChI is InChI=1S/C23H24FN3O3/c1-16-2-4-18(5-3-16)15-27-21(29)23(25-22(27)30)10-12-26(13-11-23)20(28)14-17-6-8-19(24)9-7-17/h2-9H,10-15H2,1H3,(H,25,30). The lowest BCUT2D eigenvalue weighted by Gasteiger charge is -2.37. The Morgan fingerprint density at radius 2 is 1.60 bits per heavy atom. The zero-order chi connectivity index (χ0) is 21.3. The predicted octanol–water partition coefficient (Wildman–Crippen LogP) is 2.79. The molecule has 2 aliphatic heterocycles. The van der Waals surface area contributed by atoms with Crippen molar-refractivity contribution in [2.24, 2.45) is 0 Å². The number of urea groups is 1. The second-order valence-electron chi connectivity index (χ2n) is 8.07. The molecule has 1 N–H and O–H groups in total. The molecule has 1 spiro atoms. The Bertz CT molecular complexity index is 964. The Balaban J connectivity index is 1.38. The molecule has 0 aromatic heterocycles. The molecule has 4 amide bonds. The van der Waals surface area contributed by atoms with Crippen LogP contribution in [0.1, 0.15) is 29.5 Å². The Kier molecular flexibility index (Phi) is 5.28. The highest BCUT2D eigenvalue weighted by Crippen LogP contribution is 2.30. The van der Waals surface area contributed by atoms with Crippen LogP contribution >= 0.6 is 0 Å². The van der Waals surface area contributed by atoms with E-state index in [4.69, 9.17) is 0 Å². The normalized spacial score (nSPS) is 18.1. The highest BCUT2D eigenvalue weighted by Gasteiger charge is 2.52. The van der Waals surface area contributed by atoms with E-state index in [0.717, 1.165) is 16.7 Å². The molecule has 0 saturated carbocycles. The average molecular weight is 409 g/mol. The first-order valence-corrected chi connectivity index (χ1v) is 10.1. The maximum atomic E-state index is 13.1. The summed E-state index contributed by atoms with van der Waals surface area (Å²) in [5, 5.41) is 2.87. The lowest BCUT2D eigenvalue weighted by molar-refractivity contribution is -0.138. The fourth-order valence-corrected chi connectivity index (χ4v) is 4.06. The van der Waals surface area contributed by atoms with Crippen LogP contribution in [0.3, 0.4) is 0 Å². The highest BCUT2D eigenvalue weighted by molar-refractivity contribution is 6.07. The summed E-state index contributed by atoms with van der Waals surface area (Å²) in [5.41, 5.74) is 1.82. The van der Waals surface area contributed by atoms with Crippen LogP contribution < -0.4 is 5.32 Å². The van der Waals surface area contributed by atoms with E-state index in [2.05, 4.69) is 5.32 Å². The van der Waals surface area contributed by atoms with Gasteiger partial charge in [0.1, 0.15) is 11.4 Å². The predicted molar refractivity (Wildman–Crippen MR) is 109 cm³/mol. The van der Waals surface area contributed by atoms with Crippen LogP contribution in [-0.2, 0) is 22.6 Å². The first-order valence-electron chi connectivity index (χ1n) is 10.1. The second kappa shape index (κ2) is 7.89. The monoisotopic (exact) mass is 409 g/mol. The van der Waals surface area contributed by atoms with Crippen molar-refractivity contribution < 1.29 is 18.8 Å². The second-order valence-corrected chi connectivity index (χ2v) is 8.07. The number of nitrogens with zero attached hydrogens (tertiary/aromatic N) is 2. The van der Waals surface area contributed by atoms with Crippen LogP contribution in [0, 0.1) is 12.7 Å². The average Bonchev–Trinajstić information content (AvgIpc) is 2.96. The summed E-state index contributed by atoms with van der Waals surface area (Å²) in [6, 6.07) is 13.2. The van der Waals surface area contributed by atoms with Crippen molar-refractivity contribution in [3.05, 3.63) is 71.0 Å². The van der Waals surface area contributed by atoms with Gasteiger partial charge in [-0.3, -0.25) is 14.5 Å². The van der Waals surface area contributed by atoms with Gasteiger partial charge >= 0.3 is 6.03 Å². The van der Waals surface area contributed by atoms with Crippen molar-refractivity contribution in [1.82, 2.24) is 15.1 Å². The number of nitrogens with one attached hydrogen (secondary N) is 1. The summed E-state index contributed by atoms with van der Waals surface area (Å²) in [6.45, 7) is 3.01. The molecule has 2 aromatic carbocycles. The summed E-state index contributed by atoms with van der Waals surface area (Å²) >= 11 is 0. The summed E-state index contributed by atoms with van der Waals surface area (Å²) < 4.78 is 13.0. The summed E-state index contributed by atoms with van der Waals surface area (Å²) in [4.78, 5) is 41.1. The van der Waals surface area contributed by atoms with Gasteiger partial charge in [0.05, 0.1) is 13.0 Å². The van der Waals surface area contributed by atoms with Crippen LogP contribution in [-0.4, -0.2) is 46.3 Å². The number of piperidine rings is 1. The number of rotatable bonds is 4. The zero-order valence-corrected chi connectivity index (χ0v) is 16.9. The van der Waals surface area contributed by atoms with Gasteiger partial charge in [0.2, 0.25) is 5.91 Å². The molecule has 7 heteroatoms. The van der Waals surface area contributed by atoms with Gasteiger partial charge in [-0.1, -0.05) is 42.0 Å². The minimum Gasteiger partial charge on any atom is -0.342 e. The SMILES string of the molecule is Cc1ccc(CN2C(=O)NC3(CCN(C(=O)Cc4ccc(F)cc4)CC3)C2=O)cc1. The van der Waals surface area contributed by atoms with Crippen LogP contribution in [0.25, 0.3) is 0 Å². The van der Waals surface area contributed by atoms with Crippen LogP contribution in [0.5, 0.6) is 0 Å². The maximum Gasteiger partial charge on any atom is 0.325 e. The minimum atomic E-state index is -0.936. The molecular formula is C23H24FN3O3. The zero-order valence-electron chi connectivity index (χ0n) is 16.9. The van der Waals surface area contributed by atoms with E-state index in [0.29, 0.717) is 25.9 Å². The third kappa shape index (κ3) is 3.92. The van der Waals surface area contributed by atoms with E-state index in [1.54, 1.807) is 17.0 Å². The fraction of sp³-hybridized carbons (Fsp3) is 0.348. The summed E-state index contributed by atoms with van der Waals surface area (Å²) in [7, 11) is 0. The number of halogens is 1. The Labute approximate surface area is 174 Å². The van der Waals surface area contributed by atoms with Crippen LogP contribution in [0.4, 0.5) is 9.18 Å². The van der Waals surface area contributed by atoms with E-state index in [9.17, 15) is 18.8 Å². The third-order valence-corrected chi connectivity index (χ3v) is 5.95. The third-order valence-electron chi connectivity index (χ3n) is 5.95. The first-order chi connectivity index (χ1) is 14.4. The lowest BCUT2D eigenvalue weighted by atomic mass is 9.87. The van der Waals surface area contributed by atoms with Crippen molar-refractivity contribution in [2.45, 2.75) is 38.3 Å². The molecule has 0 aliphatic carbocycles. The van der Waals surface area contributed by atoms with Gasteiger partial charge in [-0.25, -0.2) is 9.18 Å². The van der Waals surface area contributed by atoms with Gasteiger partial charge < -0.3 is 10.2 Å². The van der Waals surface area contributed by atoms with E-state index in [1.807, 2.05) is 31.2 Å². The molecule has 2 heterocycles. The van der Waals surface area contributed by atoms with E-state index in [-0.39, 0.29) is 36.6 Å². The first kappa shape index (κ1) is 20.1. The highest BCUT2D eigenvalue weighted by atomic mass is 19.1. The van der Waals surface area contributed by atoms with Crippen molar-refractivity contribution in [1.29, 1.82) is 0 Å². The maximum absolute atomic E-state index is 13.1. The number of carbonyl (C=O) groups excluding carboxylic acids is 3. The quantitative estimate of drug-likeness (QED) is 0.790. The van der Waals surface area contributed by atoms with Crippen LogP contribution in [0.15, 0.2) is 48.5 Å². The molecule has 30 heavy (non-hydrogen) atoms. The van der Waals surface area contributed by atoms with Gasteiger partial charge in [0.25, 0.3) is 5.91 Å². The van der Waals surface area contributed by atoms with Crippen molar-refractivity contribution in [2.75, 3.05) is 13.1 Å².